The first kappa shape index (κ1) is 25.2. The summed E-state index contributed by atoms with van der Waals surface area (Å²) in [6.07, 6.45) is 0.984. The van der Waals surface area contributed by atoms with Crippen LogP contribution in [0.1, 0.15) is 32.8 Å². The highest BCUT2D eigenvalue weighted by Gasteiger charge is 2.40. The zero-order valence-electron chi connectivity index (χ0n) is 17.7. The minimum Gasteiger partial charge on any atom is -0.356 e. The number of rotatable bonds is 6. The van der Waals surface area contributed by atoms with Gasteiger partial charge in [0.25, 0.3) is 0 Å². The molecule has 0 amide bonds. The van der Waals surface area contributed by atoms with Gasteiger partial charge in [0.05, 0.1) is 10.5 Å². The van der Waals surface area contributed by atoms with Crippen LogP contribution in [-0.2, 0) is 16.4 Å². The van der Waals surface area contributed by atoms with Gasteiger partial charge in [-0.15, -0.1) is 24.0 Å². The maximum atomic E-state index is 12.2. The van der Waals surface area contributed by atoms with E-state index in [0.717, 1.165) is 25.5 Å². The quantitative estimate of drug-likeness (QED) is 0.354. The summed E-state index contributed by atoms with van der Waals surface area (Å²) in [5.74, 6) is 0.965. The van der Waals surface area contributed by atoms with Gasteiger partial charge >= 0.3 is 0 Å². The maximum absolute atomic E-state index is 12.2. The minimum absolute atomic E-state index is 0. The molecule has 160 valence electrons. The third-order valence-electron chi connectivity index (χ3n) is 5.43. The van der Waals surface area contributed by atoms with Gasteiger partial charge in [-0.25, -0.2) is 8.42 Å². The molecule has 1 aromatic carbocycles. The summed E-state index contributed by atoms with van der Waals surface area (Å²) >= 11 is 0. The van der Waals surface area contributed by atoms with Crippen molar-refractivity contribution < 1.29 is 8.42 Å². The SMILES string of the molecule is CN=C(NCCC(C)N(C)Cc1ccccc1)N1CCS(=O)(=O)C(C)(C)C1.I. The van der Waals surface area contributed by atoms with Crippen LogP contribution < -0.4 is 5.32 Å². The van der Waals surface area contributed by atoms with E-state index in [-0.39, 0.29) is 29.7 Å². The van der Waals surface area contributed by atoms with Crippen LogP contribution in [0.3, 0.4) is 0 Å². The van der Waals surface area contributed by atoms with Crippen LogP contribution in [0.5, 0.6) is 0 Å². The highest BCUT2D eigenvalue weighted by atomic mass is 127. The molecular formula is C20H35IN4O2S. The Morgan fingerprint density at radius 1 is 1.32 bits per heavy atom. The maximum Gasteiger partial charge on any atom is 0.193 e. The predicted octanol–water partition coefficient (Wildman–Crippen LogP) is 2.60. The zero-order valence-corrected chi connectivity index (χ0v) is 20.8. The molecular weight excluding hydrogens is 487 g/mol. The number of hydrogen-bond donors (Lipinski definition) is 1. The van der Waals surface area contributed by atoms with Crippen LogP contribution in [0, 0.1) is 0 Å². The Kier molecular flexibility index (Phi) is 9.69. The fourth-order valence-electron chi connectivity index (χ4n) is 3.30. The van der Waals surface area contributed by atoms with Crippen molar-refractivity contribution in [2.75, 3.05) is 39.5 Å². The zero-order chi connectivity index (χ0) is 20.1. The number of nitrogens with one attached hydrogen (secondary N) is 1. The van der Waals surface area contributed by atoms with E-state index >= 15 is 0 Å². The van der Waals surface area contributed by atoms with Gasteiger partial charge in [0.1, 0.15) is 0 Å². The molecule has 1 saturated heterocycles. The van der Waals surface area contributed by atoms with E-state index in [1.54, 1.807) is 20.9 Å². The Labute approximate surface area is 187 Å². The van der Waals surface area contributed by atoms with Crippen molar-refractivity contribution in [3.63, 3.8) is 0 Å². The van der Waals surface area contributed by atoms with Gasteiger partial charge in [-0.3, -0.25) is 9.89 Å². The van der Waals surface area contributed by atoms with Gasteiger partial charge in [0.2, 0.25) is 0 Å². The summed E-state index contributed by atoms with van der Waals surface area (Å²) in [7, 11) is 0.855. The normalized spacial score (nSPS) is 19.8. The van der Waals surface area contributed by atoms with Crippen molar-refractivity contribution >= 4 is 39.8 Å². The molecule has 1 N–H and O–H groups in total. The lowest BCUT2D eigenvalue weighted by Crippen LogP contribution is -2.57. The summed E-state index contributed by atoms with van der Waals surface area (Å²) in [6, 6.07) is 10.9. The fourth-order valence-corrected chi connectivity index (χ4v) is 4.66. The first-order valence-electron chi connectivity index (χ1n) is 9.58. The van der Waals surface area contributed by atoms with Gasteiger partial charge < -0.3 is 10.2 Å². The first-order valence-corrected chi connectivity index (χ1v) is 11.2. The number of halogens is 1. The van der Waals surface area contributed by atoms with Crippen molar-refractivity contribution in [2.24, 2.45) is 4.99 Å². The predicted molar refractivity (Wildman–Crippen MR) is 128 cm³/mol. The molecule has 1 atom stereocenters. The molecule has 0 aromatic heterocycles. The number of aliphatic imine (C=N–C) groups is 1. The molecule has 0 spiro atoms. The monoisotopic (exact) mass is 522 g/mol. The lowest BCUT2D eigenvalue weighted by molar-refractivity contribution is 0.238. The smallest absolute Gasteiger partial charge is 0.193 e. The number of hydrogen-bond acceptors (Lipinski definition) is 4. The van der Waals surface area contributed by atoms with Crippen LogP contribution in [0.2, 0.25) is 0 Å². The molecule has 1 aliphatic rings. The highest BCUT2D eigenvalue weighted by Crippen LogP contribution is 2.23. The second-order valence-corrected chi connectivity index (χ2v) is 10.8. The number of benzene rings is 1. The van der Waals surface area contributed by atoms with Crippen molar-refractivity contribution in [1.82, 2.24) is 15.1 Å². The Hall–Kier alpha value is -0.870. The Balaban J connectivity index is 0.00000392. The molecule has 28 heavy (non-hydrogen) atoms. The molecule has 8 heteroatoms. The van der Waals surface area contributed by atoms with Crippen LogP contribution in [0.15, 0.2) is 35.3 Å². The summed E-state index contributed by atoms with van der Waals surface area (Å²) in [5.41, 5.74) is 1.31. The van der Waals surface area contributed by atoms with Crippen molar-refractivity contribution in [3.05, 3.63) is 35.9 Å². The first-order chi connectivity index (χ1) is 12.7. The highest BCUT2D eigenvalue weighted by molar-refractivity contribution is 14.0. The summed E-state index contributed by atoms with van der Waals surface area (Å²) in [5, 5.41) is 3.41. The molecule has 0 saturated carbocycles. The van der Waals surface area contributed by atoms with Gasteiger partial charge in [-0.1, -0.05) is 30.3 Å². The van der Waals surface area contributed by atoms with Gasteiger partial charge in [0.15, 0.2) is 15.8 Å². The molecule has 1 heterocycles. The lowest BCUT2D eigenvalue weighted by Gasteiger charge is -2.39. The van der Waals surface area contributed by atoms with Crippen LogP contribution in [0.25, 0.3) is 0 Å². The molecule has 0 bridgehead atoms. The summed E-state index contributed by atoms with van der Waals surface area (Å²) in [6.45, 7) is 8.51. The van der Waals surface area contributed by atoms with E-state index in [4.69, 9.17) is 0 Å². The largest absolute Gasteiger partial charge is 0.356 e. The Bertz CT molecular complexity index is 738. The van der Waals surface area contributed by atoms with E-state index in [1.807, 2.05) is 6.07 Å². The topological polar surface area (TPSA) is 65.0 Å². The van der Waals surface area contributed by atoms with Crippen molar-refractivity contribution in [3.8, 4) is 0 Å². The van der Waals surface area contributed by atoms with Crippen molar-refractivity contribution in [2.45, 2.75) is 44.5 Å². The number of guanidine groups is 1. The second-order valence-electron chi connectivity index (χ2n) is 8.01. The summed E-state index contributed by atoms with van der Waals surface area (Å²) < 4.78 is 23.6. The molecule has 1 unspecified atom stereocenters. The average Bonchev–Trinajstić information content (AvgIpc) is 2.62. The molecule has 1 aliphatic heterocycles. The Morgan fingerprint density at radius 3 is 2.54 bits per heavy atom. The molecule has 2 rings (SSSR count). The number of sulfone groups is 1. The third kappa shape index (κ3) is 6.59. The standard InChI is InChI=1S/C20H34N4O2S.HI/c1-17(23(5)15-18-9-7-6-8-10-18)11-12-22-19(21-4)24-13-14-27(25,26)20(2,3)16-24;/h6-10,17H,11-16H2,1-5H3,(H,21,22);1H. The lowest BCUT2D eigenvalue weighted by atomic mass is 10.1. The summed E-state index contributed by atoms with van der Waals surface area (Å²) in [4.78, 5) is 8.76. The average molecular weight is 522 g/mol. The van der Waals surface area contributed by atoms with Gasteiger partial charge in [0, 0.05) is 39.3 Å². The van der Waals surface area contributed by atoms with E-state index in [2.05, 4.69) is 58.3 Å². The van der Waals surface area contributed by atoms with Crippen molar-refractivity contribution in [1.29, 1.82) is 0 Å². The van der Waals surface area contributed by atoms with Crippen LogP contribution >= 0.6 is 24.0 Å². The molecule has 1 aromatic rings. The van der Waals surface area contributed by atoms with Gasteiger partial charge in [-0.2, -0.15) is 0 Å². The molecule has 0 aliphatic carbocycles. The second kappa shape index (κ2) is 10.8. The Morgan fingerprint density at radius 2 is 1.96 bits per heavy atom. The molecule has 6 nitrogen and oxygen atoms in total. The van der Waals surface area contributed by atoms with Gasteiger partial charge in [-0.05, 0) is 39.8 Å². The van der Waals surface area contributed by atoms with E-state index < -0.39 is 14.6 Å². The molecule has 0 radical (unpaired) electrons. The minimum atomic E-state index is -3.04. The fraction of sp³-hybridized carbons (Fsp3) is 0.650. The molecule has 1 fully saturated rings. The third-order valence-corrected chi connectivity index (χ3v) is 7.96. The number of nitrogens with zero attached hydrogens (tertiary/aromatic N) is 3. The van der Waals surface area contributed by atoms with E-state index in [1.165, 1.54) is 5.56 Å². The van der Waals surface area contributed by atoms with Crippen LogP contribution in [0.4, 0.5) is 0 Å². The van der Waals surface area contributed by atoms with E-state index in [9.17, 15) is 8.42 Å². The van der Waals surface area contributed by atoms with E-state index in [0.29, 0.717) is 19.1 Å². The van der Waals surface area contributed by atoms with Crippen LogP contribution in [-0.4, -0.2) is 74.4 Å².